The fourth-order valence-electron chi connectivity index (χ4n) is 3.15. The van der Waals surface area contributed by atoms with Crippen molar-refractivity contribution in [3.8, 4) is 0 Å². The predicted molar refractivity (Wildman–Crippen MR) is 105 cm³/mol. The van der Waals surface area contributed by atoms with E-state index in [4.69, 9.17) is 4.74 Å². The first-order chi connectivity index (χ1) is 12.3. The Morgan fingerprint density at radius 1 is 0.680 bits per heavy atom. The Morgan fingerprint density at radius 2 is 1.04 bits per heavy atom. The molecule has 3 aromatic carbocycles. The molecule has 0 fully saturated rings. The minimum Gasteiger partial charge on any atom is -0.361 e. The average molecular weight is 330 g/mol. The third-order valence-electron chi connectivity index (χ3n) is 4.82. The summed E-state index contributed by atoms with van der Waals surface area (Å²) in [4.78, 5) is 0. The van der Waals surface area contributed by atoms with Crippen LogP contribution in [-0.2, 0) is 10.3 Å². The van der Waals surface area contributed by atoms with E-state index in [9.17, 15) is 0 Å². The number of ether oxygens (including phenoxy) is 1. The predicted octanol–water partition coefficient (Wildman–Crippen LogP) is 6.04. The highest BCUT2D eigenvalue weighted by molar-refractivity contribution is 5.47. The van der Waals surface area contributed by atoms with Crippen molar-refractivity contribution in [3.05, 3.63) is 108 Å². The Morgan fingerprint density at radius 3 is 1.36 bits per heavy atom. The molecule has 25 heavy (non-hydrogen) atoms. The summed E-state index contributed by atoms with van der Waals surface area (Å²) < 4.78 is 6.74. The van der Waals surface area contributed by atoms with Gasteiger partial charge in [0.1, 0.15) is 5.60 Å². The van der Waals surface area contributed by atoms with Gasteiger partial charge in [-0.2, -0.15) is 0 Å². The highest BCUT2D eigenvalue weighted by atomic mass is 16.5. The standard InChI is InChI=1S/C24H26O/c1-3-20(2)19-25-24(21-13-7-4-8-14-21,22-15-9-5-10-16-22)23-17-11-6-12-18-23/h4-18,20H,3,19H2,1-2H3/t20-/m1/s1. The molecule has 0 bridgehead atoms. The lowest BCUT2D eigenvalue weighted by atomic mass is 9.80. The number of hydrogen-bond donors (Lipinski definition) is 0. The van der Waals surface area contributed by atoms with Crippen molar-refractivity contribution in [1.29, 1.82) is 0 Å². The smallest absolute Gasteiger partial charge is 0.143 e. The second kappa shape index (κ2) is 8.13. The van der Waals surface area contributed by atoms with Gasteiger partial charge in [0.2, 0.25) is 0 Å². The van der Waals surface area contributed by atoms with Crippen molar-refractivity contribution in [2.75, 3.05) is 6.61 Å². The molecule has 1 atom stereocenters. The summed E-state index contributed by atoms with van der Waals surface area (Å²) in [6.45, 7) is 5.17. The number of rotatable bonds is 7. The van der Waals surface area contributed by atoms with E-state index in [1.165, 1.54) is 0 Å². The molecular formula is C24H26O. The van der Waals surface area contributed by atoms with E-state index in [0.717, 1.165) is 29.7 Å². The van der Waals surface area contributed by atoms with E-state index >= 15 is 0 Å². The second-order valence-electron chi connectivity index (χ2n) is 6.60. The van der Waals surface area contributed by atoms with Crippen LogP contribution in [0.3, 0.4) is 0 Å². The summed E-state index contributed by atoms with van der Waals surface area (Å²) >= 11 is 0. The quantitative estimate of drug-likeness (QED) is 0.480. The van der Waals surface area contributed by atoms with Crippen LogP contribution >= 0.6 is 0 Å². The van der Waals surface area contributed by atoms with Crippen molar-refractivity contribution in [1.82, 2.24) is 0 Å². The molecule has 3 rings (SSSR count). The number of hydrogen-bond acceptors (Lipinski definition) is 1. The van der Waals surface area contributed by atoms with Gasteiger partial charge in [-0.25, -0.2) is 0 Å². The lowest BCUT2D eigenvalue weighted by Gasteiger charge is -2.36. The van der Waals surface area contributed by atoms with E-state index in [1.807, 2.05) is 0 Å². The third-order valence-corrected chi connectivity index (χ3v) is 4.82. The monoisotopic (exact) mass is 330 g/mol. The van der Waals surface area contributed by atoms with Gasteiger partial charge in [0, 0.05) is 0 Å². The maximum atomic E-state index is 6.74. The SMILES string of the molecule is CC[C@@H](C)COC(c1ccccc1)(c1ccccc1)c1ccccc1. The van der Waals surface area contributed by atoms with E-state index in [-0.39, 0.29) is 0 Å². The van der Waals surface area contributed by atoms with Crippen LogP contribution in [0.1, 0.15) is 37.0 Å². The molecule has 0 saturated heterocycles. The molecule has 0 N–H and O–H groups in total. The molecule has 0 amide bonds. The lowest BCUT2D eigenvalue weighted by Crippen LogP contribution is -2.34. The molecule has 1 heteroatoms. The first-order valence-electron chi connectivity index (χ1n) is 9.08. The molecule has 0 radical (unpaired) electrons. The summed E-state index contributed by atoms with van der Waals surface area (Å²) in [6, 6.07) is 31.7. The fourth-order valence-corrected chi connectivity index (χ4v) is 3.15. The largest absolute Gasteiger partial charge is 0.361 e. The summed E-state index contributed by atoms with van der Waals surface area (Å²) in [5.41, 5.74) is 2.90. The van der Waals surface area contributed by atoms with Crippen LogP contribution in [0.2, 0.25) is 0 Å². The van der Waals surface area contributed by atoms with E-state index in [0.29, 0.717) is 5.92 Å². The van der Waals surface area contributed by atoms with Crippen molar-refractivity contribution >= 4 is 0 Å². The van der Waals surface area contributed by atoms with Gasteiger partial charge in [0.25, 0.3) is 0 Å². The zero-order chi connectivity index (χ0) is 17.5. The minimum atomic E-state index is -0.590. The van der Waals surface area contributed by atoms with Gasteiger partial charge in [0.15, 0.2) is 0 Å². The molecule has 0 saturated carbocycles. The van der Waals surface area contributed by atoms with E-state index in [1.54, 1.807) is 0 Å². The van der Waals surface area contributed by atoms with Gasteiger partial charge < -0.3 is 4.74 Å². The Kier molecular flexibility index (Phi) is 5.67. The Balaban J connectivity index is 2.20. The highest BCUT2D eigenvalue weighted by Crippen LogP contribution is 2.40. The van der Waals surface area contributed by atoms with Gasteiger partial charge in [0.05, 0.1) is 6.61 Å². The highest BCUT2D eigenvalue weighted by Gasteiger charge is 2.37. The Labute approximate surface area is 151 Å². The molecule has 128 valence electrons. The van der Waals surface area contributed by atoms with Crippen molar-refractivity contribution in [2.45, 2.75) is 25.9 Å². The first-order valence-corrected chi connectivity index (χ1v) is 9.08. The first kappa shape index (κ1) is 17.4. The van der Waals surface area contributed by atoms with Crippen LogP contribution in [0, 0.1) is 5.92 Å². The van der Waals surface area contributed by atoms with Crippen LogP contribution in [-0.4, -0.2) is 6.61 Å². The molecule has 0 aliphatic heterocycles. The van der Waals surface area contributed by atoms with Crippen LogP contribution < -0.4 is 0 Å². The maximum Gasteiger partial charge on any atom is 0.143 e. The zero-order valence-corrected chi connectivity index (χ0v) is 15.1. The fraction of sp³-hybridized carbons (Fsp3) is 0.250. The second-order valence-corrected chi connectivity index (χ2v) is 6.60. The van der Waals surface area contributed by atoms with Crippen LogP contribution in [0.4, 0.5) is 0 Å². The summed E-state index contributed by atoms with van der Waals surface area (Å²) in [5.74, 6) is 0.510. The molecule has 0 aliphatic rings. The third kappa shape index (κ3) is 3.67. The lowest BCUT2D eigenvalue weighted by molar-refractivity contribution is -0.00577. The van der Waals surface area contributed by atoms with Crippen molar-refractivity contribution < 1.29 is 4.74 Å². The topological polar surface area (TPSA) is 9.23 Å². The molecule has 0 aromatic heterocycles. The minimum absolute atomic E-state index is 0.510. The van der Waals surface area contributed by atoms with Crippen molar-refractivity contribution in [3.63, 3.8) is 0 Å². The van der Waals surface area contributed by atoms with E-state index in [2.05, 4.69) is 105 Å². The van der Waals surface area contributed by atoms with Crippen molar-refractivity contribution in [2.24, 2.45) is 5.92 Å². The molecule has 1 nitrogen and oxygen atoms in total. The summed E-state index contributed by atoms with van der Waals surface area (Å²) in [7, 11) is 0. The normalized spacial score (nSPS) is 12.7. The Hall–Kier alpha value is -2.38. The van der Waals surface area contributed by atoms with Crippen LogP contribution in [0.25, 0.3) is 0 Å². The van der Waals surface area contributed by atoms with Gasteiger partial charge in [-0.3, -0.25) is 0 Å². The molecule has 0 aliphatic carbocycles. The van der Waals surface area contributed by atoms with E-state index < -0.39 is 5.60 Å². The van der Waals surface area contributed by atoms with Crippen LogP contribution in [0.15, 0.2) is 91.0 Å². The molecule has 3 aromatic rings. The maximum absolute atomic E-state index is 6.74. The van der Waals surface area contributed by atoms with Gasteiger partial charge >= 0.3 is 0 Å². The van der Waals surface area contributed by atoms with Gasteiger partial charge in [-0.05, 0) is 22.6 Å². The summed E-state index contributed by atoms with van der Waals surface area (Å²) in [5, 5.41) is 0. The summed E-state index contributed by atoms with van der Waals surface area (Å²) in [6.07, 6.45) is 1.11. The van der Waals surface area contributed by atoms with Crippen LogP contribution in [0.5, 0.6) is 0 Å². The average Bonchev–Trinajstić information content (AvgIpc) is 2.71. The zero-order valence-electron chi connectivity index (χ0n) is 15.1. The molecule has 0 heterocycles. The molecular weight excluding hydrogens is 304 g/mol. The number of benzene rings is 3. The Bertz CT molecular complexity index is 653. The van der Waals surface area contributed by atoms with Gasteiger partial charge in [-0.1, -0.05) is 111 Å². The van der Waals surface area contributed by atoms with Gasteiger partial charge in [-0.15, -0.1) is 0 Å². The molecule has 0 unspecified atom stereocenters. The molecule has 0 spiro atoms.